The Bertz CT molecular complexity index is 647. The van der Waals surface area contributed by atoms with Crippen LogP contribution in [0, 0.1) is 0 Å². The summed E-state index contributed by atoms with van der Waals surface area (Å²) in [4.78, 5) is 16.6. The van der Waals surface area contributed by atoms with Gasteiger partial charge in [0, 0.05) is 18.5 Å². The number of fused-ring (bicyclic) bond motifs is 1. The standard InChI is InChI=1S/C15H16N2O3/c1-9(2)10-5-11-14(6-13(10)18)20-7-12(15(11)19)17-4-3-16-8-17/h3-6,8-9,12,18H,7H2,1-2H3. The number of ether oxygens (including phenoxy) is 1. The lowest BCUT2D eigenvalue weighted by atomic mass is 9.94. The average molecular weight is 272 g/mol. The van der Waals surface area contributed by atoms with E-state index in [1.54, 1.807) is 29.4 Å². The number of benzene rings is 1. The molecule has 5 nitrogen and oxygen atoms in total. The number of nitrogens with zero attached hydrogens (tertiary/aromatic N) is 2. The number of phenols is 1. The van der Waals surface area contributed by atoms with Crippen LogP contribution < -0.4 is 4.74 Å². The molecule has 1 aliphatic heterocycles. The van der Waals surface area contributed by atoms with Gasteiger partial charge in [0.2, 0.25) is 0 Å². The van der Waals surface area contributed by atoms with Crippen molar-refractivity contribution in [2.45, 2.75) is 25.8 Å². The van der Waals surface area contributed by atoms with Gasteiger partial charge in [-0.2, -0.15) is 0 Å². The molecule has 0 aliphatic carbocycles. The number of hydrogen-bond acceptors (Lipinski definition) is 4. The fourth-order valence-electron chi connectivity index (χ4n) is 2.46. The molecule has 0 saturated heterocycles. The van der Waals surface area contributed by atoms with Crippen LogP contribution in [0.1, 0.15) is 41.7 Å². The summed E-state index contributed by atoms with van der Waals surface area (Å²) < 4.78 is 7.36. The van der Waals surface area contributed by atoms with Crippen molar-refractivity contribution in [1.29, 1.82) is 0 Å². The Kier molecular flexibility index (Phi) is 2.97. The highest BCUT2D eigenvalue weighted by Crippen LogP contribution is 2.37. The molecule has 0 fully saturated rings. The molecule has 0 radical (unpaired) electrons. The van der Waals surface area contributed by atoms with Crippen LogP contribution in [0.5, 0.6) is 11.5 Å². The molecule has 20 heavy (non-hydrogen) atoms. The monoisotopic (exact) mass is 272 g/mol. The van der Waals surface area contributed by atoms with Gasteiger partial charge in [-0.1, -0.05) is 13.8 Å². The van der Waals surface area contributed by atoms with E-state index in [4.69, 9.17) is 4.74 Å². The number of phenolic OH excluding ortho intramolecular Hbond substituents is 1. The first-order valence-electron chi connectivity index (χ1n) is 6.59. The fraction of sp³-hybridized carbons (Fsp3) is 0.333. The van der Waals surface area contributed by atoms with Gasteiger partial charge >= 0.3 is 0 Å². The number of aromatic hydroxyl groups is 1. The summed E-state index contributed by atoms with van der Waals surface area (Å²) in [5.41, 5.74) is 1.28. The van der Waals surface area contributed by atoms with Crippen LogP contribution in [0.15, 0.2) is 30.9 Å². The van der Waals surface area contributed by atoms with Gasteiger partial charge in [0.15, 0.2) is 5.78 Å². The molecule has 3 rings (SSSR count). The van der Waals surface area contributed by atoms with Crippen LogP contribution in [-0.4, -0.2) is 27.0 Å². The van der Waals surface area contributed by atoms with E-state index in [0.717, 1.165) is 5.56 Å². The maximum absolute atomic E-state index is 12.6. The molecule has 5 heteroatoms. The highest BCUT2D eigenvalue weighted by molar-refractivity contribution is 6.02. The number of hydrogen-bond donors (Lipinski definition) is 1. The first-order valence-corrected chi connectivity index (χ1v) is 6.59. The van der Waals surface area contributed by atoms with E-state index in [2.05, 4.69) is 4.98 Å². The average Bonchev–Trinajstić information content (AvgIpc) is 2.92. The summed E-state index contributed by atoms with van der Waals surface area (Å²) in [5.74, 6) is 0.758. The number of carbonyl (C=O) groups is 1. The third-order valence-electron chi connectivity index (χ3n) is 3.60. The molecular weight excluding hydrogens is 256 g/mol. The predicted octanol–water partition coefficient (Wildman–Crippen LogP) is 2.53. The molecule has 1 N–H and O–H groups in total. The second kappa shape index (κ2) is 4.67. The minimum atomic E-state index is -0.394. The molecule has 1 unspecified atom stereocenters. The molecule has 1 aromatic carbocycles. The van der Waals surface area contributed by atoms with E-state index in [0.29, 0.717) is 11.3 Å². The largest absolute Gasteiger partial charge is 0.508 e. The molecule has 1 aliphatic rings. The third kappa shape index (κ3) is 1.95. The highest BCUT2D eigenvalue weighted by atomic mass is 16.5. The first-order chi connectivity index (χ1) is 9.58. The van der Waals surface area contributed by atoms with Gasteiger partial charge in [0.1, 0.15) is 24.1 Å². The minimum absolute atomic E-state index is 0.00819. The van der Waals surface area contributed by atoms with Gasteiger partial charge in [-0.15, -0.1) is 0 Å². The third-order valence-corrected chi connectivity index (χ3v) is 3.60. The van der Waals surface area contributed by atoms with Gasteiger partial charge in [-0.3, -0.25) is 4.79 Å². The van der Waals surface area contributed by atoms with Gasteiger partial charge in [-0.25, -0.2) is 4.98 Å². The van der Waals surface area contributed by atoms with Gasteiger partial charge in [-0.05, 0) is 17.5 Å². The second-order valence-electron chi connectivity index (χ2n) is 5.26. The Morgan fingerprint density at radius 2 is 2.25 bits per heavy atom. The van der Waals surface area contributed by atoms with Crippen molar-refractivity contribution in [2.24, 2.45) is 0 Å². The van der Waals surface area contributed by atoms with E-state index < -0.39 is 6.04 Å². The van der Waals surface area contributed by atoms with Crippen molar-refractivity contribution < 1.29 is 14.6 Å². The smallest absolute Gasteiger partial charge is 0.192 e. The summed E-state index contributed by atoms with van der Waals surface area (Å²) in [6.45, 7) is 4.20. The summed E-state index contributed by atoms with van der Waals surface area (Å²) >= 11 is 0. The summed E-state index contributed by atoms with van der Waals surface area (Å²) in [6.07, 6.45) is 5.00. The lowest BCUT2D eigenvalue weighted by molar-refractivity contribution is 0.0840. The zero-order valence-corrected chi connectivity index (χ0v) is 11.4. The van der Waals surface area contributed by atoms with Crippen molar-refractivity contribution in [2.75, 3.05) is 6.61 Å². The zero-order valence-electron chi connectivity index (χ0n) is 11.4. The Morgan fingerprint density at radius 3 is 2.90 bits per heavy atom. The predicted molar refractivity (Wildman–Crippen MR) is 73.3 cm³/mol. The van der Waals surface area contributed by atoms with Crippen molar-refractivity contribution in [1.82, 2.24) is 9.55 Å². The first kappa shape index (κ1) is 12.7. The normalized spacial score (nSPS) is 17.9. The number of carbonyl (C=O) groups excluding carboxylic acids is 1. The molecule has 2 heterocycles. The van der Waals surface area contributed by atoms with Crippen LogP contribution in [0.2, 0.25) is 0 Å². The highest BCUT2D eigenvalue weighted by Gasteiger charge is 2.31. The molecular formula is C15H16N2O3. The SMILES string of the molecule is CC(C)c1cc2c(cc1O)OCC(n1ccnc1)C2=O. The van der Waals surface area contributed by atoms with Crippen molar-refractivity contribution >= 4 is 5.78 Å². The molecule has 0 bridgehead atoms. The maximum atomic E-state index is 12.6. The van der Waals surface area contributed by atoms with E-state index in [-0.39, 0.29) is 24.1 Å². The van der Waals surface area contributed by atoms with Crippen LogP contribution in [-0.2, 0) is 0 Å². The number of rotatable bonds is 2. The lowest BCUT2D eigenvalue weighted by Crippen LogP contribution is -2.30. The van der Waals surface area contributed by atoms with Crippen molar-refractivity contribution in [3.8, 4) is 11.5 Å². The summed E-state index contributed by atoms with van der Waals surface area (Å²) in [7, 11) is 0. The Hall–Kier alpha value is -2.30. The molecule has 0 spiro atoms. The van der Waals surface area contributed by atoms with Gasteiger partial charge in [0.05, 0.1) is 11.9 Å². The van der Waals surface area contributed by atoms with E-state index in [1.165, 1.54) is 6.07 Å². The van der Waals surface area contributed by atoms with Gasteiger partial charge < -0.3 is 14.4 Å². The maximum Gasteiger partial charge on any atom is 0.192 e. The summed E-state index contributed by atoms with van der Waals surface area (Å²) in [6, 6.07) is 2.88. The second-order valence-corrected chi connectivity index (χ2v) is 5.26. The minimum Gasteiger partial charge on any atom is -0.508 e. The van der Waals surface area contributed by atoms with Crippen LogP contribution in [0.3, 0.4) is 0 Å². The van der Waals surface area contributed by atoms with E-state index in [9.17, 15) is 9.90 Å². The summed E-state index contributed by atoms with van der Waals surface area (Å²) in [5, 5.41) is 9.97. The van der Waals surface area contributed by atoms with Crippen LogP contribution in [0.4, 0.5) is 0 Å². The molecule has 1 aromatic heterocycles. The van der Waals surface area contributed by atoms with Crippen LogP contribution in [0.25, 0.3) is 0 Å². The molecule has 0 amide bonds. The van der Waals surface area contributed by atoms with Crippen molar-refractivity contribution in [3.63, 3.8) is 0 Å². The fourth-order valence-corrected chi connectivity index (χ4v) is 2.46. The molecule has 104 valence electrons. The molecule has 1 atom stereocenters. The Balaban J connectivity index is 2.04. The Morgan fingerprint density at radius 1 is 1.45 bits per heavy atom. The quantitative estimate of drug-likeness (QED) is 0.912. The lowest BCUT2D eigenvalue weighted by Gasteiger charge is -2.26. The van der Waals surface area contributed by atoms with E-state index in [1.807, 2.05) is 13.8 Å². The molecule has 2 aromatic rings. The topological polar surface area (TPSA) is 64.3 Å². The van der Waals surface area contributed by atoms with Gasteiger partial charge in [0.25, 0.3) is 0 Å². The van der Waals surface area contributed by atoms with E-state index >= 15 is 0 Å². The number of imidazole rings is 1. The number of Topliss-reactive ketones (excluding diaryl/α,β-unsaturated/α-hetero) is 1. The van der Waals surface area contributed by atoms with Crippen LogP contribution >= 0.6 is 0 Å². The zero-order chi connectivity index (χ0) is 14.3. The molecule has 0 saturated carbocycles. The van der Waals surface area contributed by atoms with Crippen molar-refractivity contribution in [3.05, 3.63) is 42.0 Å². The Labute approximate surface area is 116 Å². The number of aromatic nitrogens is 2. The number of ketones is 1.